The molecule has 102 heavy (non-hydrogen) atoms. The standard InChI is InChI=1S/C22H32F3N3O.C20H28F3N3O.C19H28BrN3.C19H29N3O/c1-21(29,22(23,24)25)16-12-14-19(15-13-16)28-20(26-17-8-4-2-5-9-17)27-18-10-6-3-7-11-18;21-20(22,23)27-18-13-11-17(12-14-18)26-19(24-15-7-3-1-4-8-15)25-16-9-5-2-6-10-16;20-15-11-13-18(14-12-15)23-19(21-16-7-3-1-4-8-16)22-17-9-5-2-6-10-17;23-18-13-11-17(12-14-18)22-19(20-15-7-3-1-4-8-15)21-16-9-5-2-6-10-16/h12-15,17-18,29H,2-11H2,1H3,(H2,26,27,28);11-16H,1-10H2,(H2,24,25,26);11-14,16-17H,1-10H2,(H2,21,22,23);11-16,23H,1-10H2,(H2,20,21,22). The predicted molar refractivity (Wildman–Crippen MR) is 409 cm³/mol. The summed E-state index contributed by atoms with van der Waals surface area (Å²) < 4.78 is 81.1. The molecule has 12 rings (SSSR count). The number of nitrogens with one attached hydrogen (secondary N) is 8. The van der Waals surface area contributed by atoms with E-state index in [9.17, 15) is 36.6 Å². The van der Waals surface area contributed by atoms with Crippen LogP contribution in [-0.4, -0.2) is 94.9 Å². The summed E-state index contributed by atoms with van der Waals surface area (Å²) in [5, 5.41) is 47.2. The maximum absolute atomic E-state index is 13.1. The summed E-state index contributed by atoms with van der Waals surface area (Å²) in [6.07, 6.45) is 40.0. The maximum atomic E-state index is 13.1. The van der Waals surface area contributed by atoms with E-state index in [1.54, 1.807) is 36.4 Å². The predicted octanol–water partition coefficient (Wildman–Crippen LogP) is 21.0. The molecule has 8 saturated carbocycles. The zero-order valence-electron chi connectivity index (χ0n) is 60.4. The van der Waals surface area contributed by atoms with Crippen molar-refractivity contribution in [1.29, 1.82) is 0 Å². The van der Waals surface area contributed by atoms with Gasteiger partial charge in [0.25, 0.3) is 0 Å². The lowest BCUT2D eigenvalue weighted by Crippen LogP contribution is -2.41. The lowest BCUT2D eigenvalue weighted by atomic mass is 9.95. The molecular formula is C80H117BrF6N12O3. The average Bonchev–Trinajstić information content (AvgIpc) is 0.798. The number of anilines is 4. The highest BCUT2D eigenvalue weighted by Crippen LogP contribution is 2.39. The van der Waals surface area contributed by atoms with E-state index in [-0.39, 0.29) is 17.4 Å². The molecule has 4 aromatic carbocycles. The number of phenolic OH excluding ortho intramolecular Hbond substituents is 1. The van der Waals surface area contributed by atoms with Crippen molar-refractivity contribution in [3.8, 4) is 11.5 Å². The Morgan fingerprint density at radius 1 is 0.353 bits per heavy atom. The van der Waals surface area contributed by atoms with Gasteiger partial charge in [0, 0.05) is 51.4 Å². The van der Waals surface area contributed by atoms with Gasteiger partial charge in [-0.1, -0.05) is 182 Å². The van der Waals surface area contributed by atoms with Crippen LogP contribution in [-0.2, 0) is 5.60 Å². The van der Waals surface area contributed by atoms with Gasteiger partial charge in [-0.2, -0.15) is 13.2 Å². The minimum absolute atomic E-state index is 0.179. The fourth-order valence-corrected chi connectivity index (χ4v) is 15.4. The van der Waals surface area contributed by atoms with Crippen molar-refractivity contribution in [3.05, 3.63) is 107 Å². The van der Waals surface area contributed by atoms with Crippen LogP contribution in [0.1, 0.15) is 269 Å². The summed E-state index contributed by atoms with van der Waals surface area (Å²) in [5.41, 5.74) is 0.380. The van der Waals surface area contributed by atoms with Crippen LogP contribution in [0, 0.1) is 0 Å². The van der Waals surface area contributed by atoms with Crippen molar-refractivity contribution in [3.63, 3.8) is 0 Å². The van der Waals surface area contributed by atoms with Gasteiger partial charge in [-0.05, 0) is 200 Å². The number of ether oxygens (including phenoxy) is 1. The molecule has 4 aromatic rings. The first-order valence-corrected chi connectivity index (χ1v) is 39.9. The molecule has 22 heteroatoms. The van der Waals surface area contributed by atoms with Gasteiger partial charge in [0.1, 0.15) is 11.5 Å². The molecule has 0 amide bonds. The first kappa shape index (κ1) is 79.7. The van der Waals surface area contributed by atoms with Gasteiger partial charge in [0.05, 0.1) is 24.2 Å². The first-order valence-electron chi connectivity index (χ1n) is 39.1. The molecule has 0 aromatic heterocycles. The van der Waals surface area contributed by atoms with Crippen LogP contribution in [0.5, 0.6) is 11.5 Å². The minimum atomic E-state index is -4.72. The number of halogens is 7. The van der Waals surface area contributed by atoms with Gasteiger partial charge < -0.3 is 57.5 Å². The van der Waals surface area contributed by atoms with Crippen molar-refractivity contribution < 1.29 is 41.3 Å². The number of hydrogen-bond donors (Lipinski definition) is 10. The van der Waals surface area contributed by atoms with Gasteiger partial charge in [-0.3, -0.25) is 0 Å². The molecule has 1 atom stereocenters. The van der Waals surface area contributed by atoms with Gasteiger partial charge >= 0.3 is 12.5 Å². The Labute approximate surface area is 612 Å². The number of benzene rings is 4. The largest absolute Gasteiger partial charge is 0.573 e. The molecule has 0 heterocycles. The van der Waals surface area contributed by atoms with Crippen molar-refractivity contribution in [2.45, 2.75) is 330 Å². The van der Waals surface area contributed by atoms with E-state index >= 15 is 0 Å². The summed E-state index contributed by atoms with van der Waals surface area (Å²) in [5.74, 6) is 3.40. The van der Waals surface area contributed by atoms with Crippen LogP contribution in [0.25, 0.3) is 0 Å². The second kappa shape index (κ2) is 41.9. The third-order valence-electron chi connectivity index (χ3n) is 21.2. The smallest absolute Gasteiger partial charge is 0.508 e. The molecule has 0 radical (unpaired) electrons. The molecule has 0 aliphatic heterocycles. The topological polar surface area (TPSA) is 195 Å². The average molecular weight is 1490 g/mol. The lowest BCUT2D eigenvalue weighted by Gasteiger charge is -2.28. The summed E-state index contributed by atoms with van der Waals surface area (Å²) in [6.45, 7) is 0.774. The second-order valence-electron chi connectivity index (χ2n) is 29.8. The highest BCUT2D eigenvalue weighted by Gasteiger charge is 2.51. The quantitative estimate of drug-likeness (QED) is 0.0250. The van der Waals surface area contributed by atoms with E-state index in [1.807, 2.05) is 12.1 Å². The number of aliphatic imine (C=N–C) groups is 4. The van der Waals surface area contributed by atoms with Crippen molar-refractivity contribution >= 4 is 62.5 Å². The molecule has 8 fully saturated rings. The minimum Gasteiger partial charge on any atom is -0.508 e. The molecule has 8 aliphatic rings. The van der Waals surface area contributed by atoms with Crippen LogP contribution in [0.3, 0.4) is 0 Å². The van der Waals surface area contributed by atoms with E-state index in [1.165, 1.54) is 230 Å². The Kier molecular flexibility index (Phi) is 32.7. The van der Waals surface area contributed by atoms with E-state index in [2.05, 4.69) is 87.5 Å². The molecule has 8 aliphatic carbocycles. The fraction of sp³-hybridized carbons (Fsp3) is 0.650. The zero-order chi connectivity index (χ0) is 71.8. The van der Waals surface area contributed by atoms with Crippen LogP contribution >= 0.6 is 15.9 Å². The van der Waals surface area contributed by atoms with E-state index in [0.29, 0.717) is 65.4 Å². The van der Waals surface area contributed by atoms with Crippen molar-refractivity contribution in [1.82, 2.24) is 21.3 Å². The Morgan fingerprint density at radius 2 is 0.588 bits per heavy atom. The van der Waals surface area contributed by atoms with Gasteiger partial charge in [-0.15, -0.1) is 13.2 Å². The van der Waals surface area contributed by atoms with Crippen LogP contribution in [0.4, 0.5) is 49.1 Å². The highest BCUT2D eigenvalue weighted by molar-refractivity contribution is 9.10. The molecule has 1 unspecified atom stereocenters. The third-order valence-corrected chi connectivity index (χ3v) is 21.7. The number of aliphatic hydroxyl groups is 1. The SMILES string of the molecule is Brc1ccc(NC(=NC2CCCCC2)NC2CCCCC2)cc1.CC(O)(c1ccc(NC(=NC2CCCCC2)NC2CCCCC2)cc1)C(F)(F)F.FC(F)(F)Oc1ccc(NC(=NC2CCCCC2)NC2CCCCC2)cc1.Oc1ccc(NC(=NC2CCCCC2)NC2CCCCC2)cc1. The van der Waals surface area contributed by atoms with Crippen molar-refractivity contribution in [2.75, 3.05) is 21.3 Å². The molecule has 10 N–H and O–H groups in total. The monoisotopic (exact) mass is 1490 g/mol. The Morgan fingerprint density at radius 3 is 0.843 bits per heavy atom. The molecule has 15 nitrogen and oxygen atoms in total. The summed E-state index contributed by atoms with van der Waals surface area (Å²) in [6, 6.07) is 30.5. The number of phenols is 1. The van der Waals surface area contributed by atoms with Crippen LogP contribution < -0.4 is 47.3 Å². The third kappa shape index (κ3) is 29.3. The molecule has 564 valence electrons. The van der Waals surface area contributed by atoms with Crippen LogP contribution in [0.2, 0.25) is 0 Å². The Bertz CT molecular complexity index is 3030. The first-order chi connectivity index (χ1) is 49.3. The number of alkyl halides is 6. The summed E-state index contributed by atoms with van der Waals surface area (Å²) in [4.78, 5) is 19.8. The number of nitrogens with zero attached hydrogens (tertiary/aromatic N) is 4. The van der Waals surface area contributed by atoms with Gasteiger partial charge in [0.2, 0.25) is 0 Å². The van der Waals surface area contributed by atoms with E-state index < -0.39 is 18.1 Å². The fourth-order valence-electron chi connectivity index (χ4n) is 15.2. The molecular weight excluding hydrogens is 1370 g/mol. The Balaban J connectivity index is 0.000000159. The maximum Gasteiger partial charge on any atom is 0.573 e. The molecule has 0 bridgehead atoms. The zero-order valence-corrected chi connectivity index (χ0v) is 62.0. The number of guanidine groups is 4. The number of hydrogen-bond acceptors (Lipinski definition) is 7. The summed E-state index contributed by atoms with van der Waals surface area (Å²) >= 11 is 3.50. The lowest BCUT2D eigenvalue weighted by molar-refractivity contribution is -0.274. The summed E-state index contributed by atoms with van der Waals surface area (Å²) in [7, 11) is 0. The van der Waals surface area contributed by atoms with Crippen molar-refractivity contribution in [2.24, 2.45) is 20.0 Å². The second-order valence-corrected chi connectivity index (χ2v) is 30.7. The van der Waals surface area contributed by atoms with Crippen LogP contribution in [0.15, 0.2) is 122 Å². The van der Waals surface area contributed by atoms with E-state index in [0.717, 1.165) is 92.0 Å². The normalized spacial score (nSPS) is 21.2. The number of aromatic hydroxyl groups is 1. The van der Waals surface area contributed by atoms with Gasteiger partial charge in [-0.25, -0.2) is 20.0 Å². The highest BCUT2D eigenvalue weighted by atomic mass is 79.9. The van der Waals surface area contributed by atoms with E-state index in [4.69, 9.17) is 20.0 Å². The van der Waals surface area contributed by atoms with Gasteiger partial charge in [0.15, 0.2) is 29.4 Å². The Hall–Kier alpha value is -6.42. The number of rotatable bonds is 14. The molecule has 0 saturated heterocycles. The molecule has 0 spiro atoms.